The van der Waals surface area contributed by atoms with Gasteiger partial charge in [-0.25, -0.2) is 0 Å². The van der Waals surface area contributed by atoms with E-state index in [2.05, 4.69) is 20.9 Å². The maximum Gasteiger partial charge on any atom is 0.270 e. The van der Waals surface area contributed by atoms with Crippen LogP contribution >= 0.6 is 15.9 Å². The van der Waals surface area contributed by atoms with Gasteiger partial charge in [0.15, 0.2) is 0 Å². The fourth-order valence-electron chi connectivity index (χ4n) is 2.51. The monoisotopic (exact) mass is 372 g/mol. The van der Waals surface area contributed by atoms with E-state index in [0.29, 0.717) is 12.2 Å². The van der Waals surface area contributed by atoms with Crippen molar-refractivity contribution in [3.05, 3.63) is 64.3 Å². The molecule has 0 bridgehead atoms. The third-order valence-corrected chi connectivity index (χ3v) is 4.55. The van der Waals surface area contributed by atoms with Crippen molar-refractivity contribution in [3.63, 3.8) is 0 Å². The van der Waals surface area contributed by atoms with E-state index in [9.17, 15) is 4.79 Å². The van der Waals surface area contributed by atoms with Crippen LogP contribution in [-0.4, -0.2) is 29.9 Å². The van der Waals surface area contributed by atoms with Gasteiger partial charge in [-0.15, -0.1) is 0 Å². The van der Waals surface area contributed by atoms with Crippen LogP contribution in [0.4, 0.5) is 0 Å². The normalized spacial score (nSPS) is 10.7. The van der Waals surface area contributed by atoms with E-state index in [1.54, 1.807) is 19.1 Å². The lowest BCUT2D eigenvalue weighted by molar-refractivity contribution is 0.0780. The lowest BCUT2D eigenvalue weighted by atomic mass is 10.2. The number of ether oxygens (including phenoxy) is 1. The molecule has 0 atom stereocenters. The molecule has 2 aromatic carbocycles. The van der Waals surface area contributed by atoms with Crippen LogP contribution in [0.3, 0.4) is 0 Å². The molecule has 1 aromatic heterocycles. The second kappa shape index (κ2) is 6.46. The summed E-state index contributed by atoms with van der Waals surface area (Å²) in [4.78, 5) is 17.5. The lowest BCUT2D eigenvalue weighted by Gasteiger charge is -2.17. The summed E-state index contributed by atoms with van der Waals surface area (Å²) in [7, 11) is 3.43. The number of hydrogen-bond donors (Lipinski definition) is 1. The van der Waals surface area contributed by atoms with Crippen LogP contribution in [0.2, 0.25) is 0 Å². The Kier molecular flexibility index (Phi) is 4.39. The minimum atomic E-state index is -0.0454. The number of rotatable bonds is 4. The number of aromatic nitrogens is 1. The van der Waals surface area contributed by atoms with Crippen molar-refractivity contribution in [2.24, 2.45) is 0 Å². The molecule has 0 saturated heterocycles. The second-order valence-corrected chi connectivity index (χ2v) is 6.24. The summed E-state index contributed by atoms with van der Waals surface area (Å²) in [5.41, 5.74) is 2.53. The van der Waals surface area contributed by atoms with Gasteiger partial charge < -0.3 is 14.6 Å². The zero-order chi connectivity index (χ0) is 16.4. The Hall–Kier alpha value is -2.27. The van der Waals surface area contributed by atoms with Crippen molar-refractivity contribution in [1.82, 2.24) is 9.88 Å². The highest BCUT2D eigenvalue weighted by Crippen LogP contribution is 2.23. The predicted octanol–water partition coefficient (Wildman–Crippen LogP) is 4.21. The fourth-order valence-corrected chi connectivity index (χ4v) is 2.92. The zero-order valence-corrected chi connectivity index (χ0v) is 14.6. The third kappa shape index (κ3) is 3.24. The standard InChI is InChI=1S/C18H17BrN2O2/c1-21(11-13-5-3-4-6-15(13)19)18(22)17-9-12-7-8-14(23-2)10-16(12)20-17/h3-10,20H,11H2,1-2H3. The summed E-state index contributed by atoms with van der Waals surface area (Å²) >= 11 is 3.51. The van der Waals surface area contributed by atoms with Crippen molar-refractivity contribution in [2.75, 3.05) is 14.2 Å². The van der Waals surface area contributed by atoms with Gasteiger partial charge in [0.1, 0.15) is 11.4 Å². The maximum atomic E-state index is 12.6. The van der Waals surface area contributed by atoms with E-state index in [0.717, 1.165) is 26.7 Å². The number of nitrogens with one attached hydrogen (secondary N) is 1. The topological polar surface area (TPSA) is 45.3 Å². The van der Waals surface area contributed by atoms with E-state index in [1.165, 1.54) is 0 Å². The molecule has 3 rings (SSSR count). The summed E-state index contributed by atoms with van der Waals surface area (Å²) in [6.45, 7) is 0.541. The number of carbonyl (C=O) groups excluding carboxylic acids is 1. The molecule has 1 N–H and O–H groups in total. The number of halogens is 1. The molecule has 5 heteroatoms. The van der Waals surface area contributed by atoms with Crippen molar-refractivity contribution in [2.45, 2.75) is 6.54 Å². The van der Waals surface area contributed by atoms with Gasteiger partial charge in [0, 0.05) is 35.0 Å². The van der Waals surface area contributed by atoms with E-state index in [-0.39, 0.29) is 5.91 Å². The second-order valence-electron chi connectivity index (χ2n) is 5.39. The largest absolute Gasteiger partial charge is 0.497 e. The summed E-state index contributed by atoms with van der Waals surface area (Å²) in [5, 5.41) is 0.989. The Balaban J connectivity index is 1.83. The van der Waals surface area contributed by atoms with E-state index < -0.39 is 0 Å². The molecule has 0 aliphatic rings. The molecule has 1 heterocycles. The van der Waals surface area contributed by atoms with E-state index >= 15 is 0 Å². The molecule has 118 valence electrons. The molecule has 0 saturated carbocycles. The van der Waals surface area contributed by atoms with Crippen LogP contribution in [0.25, 0.3) is 10.9 Å². The van der Waals surface area contributed by atoms with Crippen LogP contribution in [0.5, 0.6) is 5.75 Å². The minimum Gasteiger partial charge on any atom is -0.497 e. The van der Waals surface area contributed by atoms with Gasteiger partial charge in [-0.1, -0.05) is 34.1 Å². The number of benzene rings is 2. The fraction of sp³-hybridized carbons (Fsp3) is 0.167. The van der Waals surface area contributed by atoms with Gasteiger partial charge in [-0.3, -0.25) is 4.79 Å². The summed E-state index contributed by atoms with van der Waals surface area (Å²) in [6.07, 6.45) is 0. The van der Waals surface area contributed by atoms with E-state index in [1.807, 2.05) is 48.5 Å². The quantitative estimate of drug-likeness (QED) is 0.745. The molecule has 0 aliphatic heterocycles. The first-order valence-corrected chi connectivity index (χ1v) is 8.03. The molecule has 0 unspecified atom stereocenters. The molecule has 0 radical (unpaired) electrons. The highest BCUT2D eigenvalue weighted by molar-refractivity contribution is 9.10. The van der Waals surface area contributed by atoms with Crippen LogP contribution in [0.1, 0.15) is 16.1 Å². The van der Waals surface area contributed by atoms with Gasteiger partial charge >= 0.3 is 0 Å². The average Bonchev–Trinajstić information content (AvgIpc) is 2.99. The number of methoxy groups -OCH3 is 1. The van der Waals surface area contributed by atoms with Crippen molar-refractivity contribution in [3.8, 4) is 5.75 Å². The maximum absolute atomic E-state index is 12.6. The lowest BCUT2D eigenvalue weighted by Crippen LogP contribution is -2.26. The summed E-state index contributed by atoms with van der Waals surface area (Å²) < 4.78 is 6.21. The Morgan fingerprint density at radius 2 is 2.00 bits per heavy atom. The number of H-pyrrole nitrogens is 1. The van der Waals surface area contributed by atoms with Gasteiger partial charge in [-0.05, 0) is 29.8 Å². The Morgan fingerprint density at radius 3 is 2.74 bits per heavy atom. The molecule has 23 heavy (non-hydrogen) atoms. The smallest absolute Gasteiger partial charge is 0.270 e. The SMILES string of the molecule is COc1ccc2cc(C(=O)N(C)Cc3ccccc3Br)[nH]c2c1. The number of hydrogen-bond acceptors (Lipinski definition) is 2. The van der Waals surface area contributed by atoms with E-state index in [4.69, 9.17) is 4.74 Å². The van der Waals surface area contributed by atoms with Crippen molar-refractivity contribution < 1.29 is 9.53 Å². The number of nitrogens with zero attached hydrogens (tertiary/aromatic N) is 1. The predicted molar refractivity (Wildman–Crippen MR) is 94.8 cm³/mol. The molecule has 3 aromatic rings. The number of fused-ring (bicyclic) bond motifs is 1. The van der Waals surface area contributed by atoms with Gasteiger partial charge in [0.05, 0.1) is 7.11 Å². The molecule has 1 amide bonds. The number of amides is 1. The van der Waals surface area contributed by atoms with Gasteiger partial charge in [-0.2, -0.15) is 0 Å². The Morgan fingerprint density at radius 1 is 1.22 bits per heavy atom. The molecule has 0 spiro atoms. The molecular formula is C18H17BrN2O2. The molecule has 0 fully saturated rings. The highest BCUT2D eigenvalue weighted by Gasteiger charge is 2.15. The molecule has 0 aliphatic carbocycles. The molecular weight excluding hydrogens is 356 g/mol. The van der Waals surface area contributed by atoms with Crippen LogP contribution in [0.15, 0.2) is 53.0 Å². The third-order valence-electron chi connectivity index (χ3n) is 3.77. The Bertz CT molecular complexity index is 857. The van der Waals surface area contributed by atoms with Crippen LogP contribution in [0, 0.1) is 0 Å². The molecule has 4 nitrogen and oxygen atoms in total. The summed E-state index contributed by atoms with van der Waals surface area (Å²) in [5.74, 6) is 0.718. The van der Waals surface area contributed by atoms with Crippen molar-refractivity contribution in [1.29, 1.82) is 0 Å². The average molecular weight is 373 g/mol. The highest BCUT2D eigenvalue weighted by atomic mass is 79.9. The first kappa shape index (κ1) is 15.6. The minimum absolute atomic E-state index is 0.0454. The first-order chi connectivity index (χ1) is 11.1. The van der Waals surface area contributed by atoms with Crippen LogP contribution in [-0.2, 0) is 6.54 Å². The number of carbonyl (C=O) groups is 1. The van der Waals surface area contributed by atoms with Crippen LogP contribution < -0.4 is 4.74 Å². The summed E-state index contributed by atoms with van der Waals surface area (Å²) in [6, 6.07) is 15.5. The van der Waals surface area contributed by atoms with Gasteiger partial charge in [0.2, 0.25) is 0 Å². The first-order valence-electron chi connectivity index (χ1n) is 7.24. The number of aromatic amines is 1. The zero-order valence-electron chi connectivity index (χ0n) is 13.0. The Labute approximate surface area is 143 Å². The van der Waals surface area contributed by atoms with Gasteiger partial charge in [0.25, 0.3) is 5.91 Å². The van der Waals surface area contributed by atoms with Crippen molar-refractivity contribution >= 4 is 32.7 Å².